The van der Waals surface area contributed by atoms with Gasteiger partial charge in [0.05, 0.1) is 0 Å². The Bertz CT molecular complexity index is 184. The fourth-order valence-electron chi connectivity index (χ4n) is 1.87. The molecule has 0 bridgehead atoms. The van der Waals surface area contributed by atoms with Gasteiger partial charge >= 0.3 is 0 Å². The smallest absolute Gasteiger partial charge is 0.225 e. The van der Waals surface area contributed by atoms with Gasteiger partial charge in [-0.1, -0.05) is 20.8 Å². The van der Waals surface area contributed by atoms with Gasteiger partial charge in [0.1, 0.15) is 0 Å². The third-order valence-electron chi connectivity index (χ3n) is 2.72. The summed E-state index contributed by atoms with van der Waals surface area (Å²) >= 11 is 0. The molecule has 0 aromatic rings. The second-order valence-corrected chi connectivity index (χ2v) is 4.32. The van der Waals surface area contributed by atoms with Crippen molar-refractivity contribution in [2.75, 3.05) is 32.7 Å². The van der Waals surface area contributed by atoms with E-state index in [9.17, 15) is 4.79 Å². The van der Waals surface area contributed by atoms with Crippen LogP contribution in [0, 0.1) is 5.92 Å². The highest BCUT2D eigenvalue weighted by Gasteiger charge is 2.21. The summed E-state index contributed by atoms with van der Waals surface area (Å²) in [6.07, 6.45) is 1.21. The van der Waals surface area contributed by atoms with Crippen LogP contribution in [0.3, 0.4) is 0 Å². The van der Waals surface area contributed by atoms with Gasteiger partial charge in [0.25, 0.3) is 0 Å². The van der Waals surface area contributed by atoms with Crippen LogP contribution in [0.15, 0.2) is 0 Å². The van der Waals surface area contributed by atoms with Crippen molar-refractivity contribution in [1.29, 1.82) is 0 Å². The number of rotatable bonds is 3. The molecule has 3 nitrogen and oxygen atoms in total. The van der Waals surface area contributed by atoms with Crippen molar-refractivity contribution in [3.8, 4) is 0 Å². The van der Waals surface area contributed by atoms with E-state index < -0.39 is 0 Å². The molecule has 3 heteroatoms. The summed E-state index contributed by atoms with van der Waals surface area (Å²) in [6.45, 7) is 11.2. The Morgan fingerprint density at radius 3 is 2.21 bits per heavy atom. The maximum Gasteiger partial charge on any atom is 0.225 e. The quantitative estimate of drug-likeness (QED) is 0.680. The first kappa shape index (κ1) is 11.5. The number of hydrogen-bond acceptors (Lipinski definition) is 2. The molecule has 0 radical (unpaired) electrons. The Balaban J connectivity index is 2.32. The molecule has 1 saturated heterocycles. The van der Waals surface area contributed by atoms with Crippen LogP contribution in [-0.4, -0.2) is 48.4 Å². The lowest BCUT2D eigenvalue weighted by atomic mass is 10.1. The fourth-order valence-corrected chi connectivity index (χ4v) is 1.87. The highest BCUT2D eigenvalue weighted by Crippen LogP contribution is 2.07. The molecule has 1 aliphatic rings. The average Bonchev–Trinajstić information content (AvgIpc) is 2.18. The van der Waals surface area contributed by atoms with Gasteiger partial charge in [-0.25, -0.2) is 0 Å². The zero-order valence-corrected chi connectivity index (χ0v) is 9.62. The molecule has 0 aromatic heterocycles. The monoisotopic (exact) mass is 198 g/mol. The van der Waals surface area contributed by atoms with Crippen LogP contribution in [0.4, 0.5) is 0 Å². The first-order valence-corrected chi connectivity index (χ1v) is 5.66. The summed E-state index contributed by atoms with van der Waals surface area (Å²) in [5, 5.41) is 0. The largest absolute Gasteiger partial charge is 0.340 e. The van der Waals surface area contributed by atoms with Crippen LogP contribution in [0.1, 0.15) is 27.2 Å². The number of piperazine rings is 1. The van der Waals surface area contributed by atoms with Crippen molar-refractivity contribution in [2.45, 2.75) is 27.2 Å². The third-order valence-corrected chi connectivity index (χ3v) is 2.72. The van der Waals surface area contributed by atoms with E-state index in [1.54, 1.807) is 0 Å². The Labute approximate surface area is 87.1 Å². The van der Waals surface area contributed by atoms with Crippen molar-refractivity contribution in [3.63, 3.8) is 0 Å². The van der Waals surface area contributed by atoms with E-state index in [0.717, 1.165) is 26.2 Å². The molecule has 0 aromatic carbocycles. The van der Waals surface area contributed by atoms with E-state index >= 15 is 0 Å². The van der Waals surface area contributed by atoms with Crippen LogP contribution < -0.4 is 0 Å². The summed E-state index contributed by atoms with van der Waals surface area (Å²) in [6, 6.07) is 0. The van der Waals surface area contributed by atoms with Gasteiger partial charge in [0, 0.05) is 32.1 Å². The van der Waals surface area contributed by atoms with Gasteiger partial charge in [-0.05, 0) is 13.0 Å². The minimum Gasteiger partial charge on any atom is -0.340 e. The number of carbonyl (C=O) groups is 1. The van der Waals surface area contributed by atoms with Crippen molar-refractivity contribution in [1.82, 2.24) is 9.80 Å². The number of nitrogens with zero attached hydrogens (tertiary/aromatic N) is 2. The van der Waals surface area contributed by atoms with Crippen LogP contribution in [-0.2, 0) is 4.79 Å². The topological polar surface area (TPSA) is 23.6 Å². The van der Waals surface area contributed by atoms with E-state index in [-0.39, 0.29) is 5.92 Å². The highest BCUT2D eigenvalue weighted by molar-refractivity contribution is 5.78. The van der Waals surface area contributed by atoms with E-state index in [0.29, 0.717) is 5.91 Å². The molecular weight excluding hydrogens is 176 g/mol. The third kappa shape index (κ3) is 2.98. The molecule has 0 aliphatic carbocycles. The van der Waals surface area contributed by atoms with Crippen molar-refractivity contribution in [3.05, 3.63) is 0 Å². The zero-order chi connectivity index (χ0) is 10.6. The number of amides is 1. The lowest BCUT2D eigenvalue weighted by Gasteiger charge is -2.35. The fraction of sp³-hybridized carbons (Fsp3) is 0.909. The van der Waals surface area contributed by atoms with Crippen LogP contribution in [0.2, 0.25) is 0 Å². The Morgan fingerprint density at radius 2 is 1.79 bits per heavy atom. The van der Waals surface area contributed by atoms with E-state index in [1.807, 2.05) is 18.7 Å². The van der Waals surface area contributed by atoms with Crippen LogP contribution in [0.25, 0.3) is 0 Å². The van der Waals surface area contributed by atoms with E-state index in [4.69, 9.17) is 0 Å². The molecule has 0 atom stereocenters. The van der Waals surface area contributed by atoms with Gasteiger partial charge in [0.2, 0.25) is 5.91 Å². The lowest BCUT2D eigenvalue weighted by Crippen LogP contribution is -2.49. The average molecular weight is 198 g/mol. The molecule has 0 spiro atoms. The normalized spacial score (nSPS) is 19.0. The SMILES string of the molecule is CCCN1CCN(C(=O)C(C)C)CC1. The molecule has 0 N–H and O–H groups in total. The summed E-state index contributed by atoms with van der Waals surface area (Å²) < 4.78 is 0. The second-order valence-electron chi connectivity index (χ2n) is 4.32. The van der Waals surface area contributed by atoms with Crippen molar-refractivity contribution >= 4 is 5.91 Å². The molecule has 1 amide bonds. The number of carbonyl (C=O) groups excluding carboxylic acids is 1. The molecule has 1 heterocycles. The van der Waals surface area contributed by atoms with Gasteiger partial charge < -0.3 is 4.90 Å². The molecule has 0 saturated carbocycles. The molecule has 1 fully saturated rings. The lowest BCUT2D eigenvalue weighted by molar-refractivity contribution is -0.136. The summed E-state index contributed by atoms with van der Waals surface area (Å²) in [7, 11) is 0. The maximum absolute atomic E-state index is 11.7. The minimum absolute atomic E-state index is 0.146. The first-order valence-electron chi connectivity index (χ1n) is 5.66. The van der Waals surface area contributed by atoms with Gasteiger partial charge in [-0.15, -0.1) is 0 Å². The molecular formula is C11H22N2O. The zero-order valence-electron chi connectivity index (χ0n) is 9.62. The van der Waals surface area contributed by atoms with Gasteiger partial charge in [0.15, 0.2) is 0 Å². The summed E-state index contributed by atoms with van der Waals surface area (Å²) in [5.74, 6) is 0.453. The summed E-state index contributed by atoms with van der Waals surface area (Å²) in [4.78, 5) is 16.1. The predicted molar refractivity (Wildman–Crippen MR) is 58.1 cm³/mol. The van der Waals surface area contributed by atoms with Crippen LogP contribution in [0.5, 0.6) is 0 Å². The van der Waals surface area contributed by atoms with Crippen LogP contribution >= 0.6 is 0 Å². The Kier molecular flexibility index (Phi) is 4.39. The molecule has 0 unspecified atom stereocenters. The number of hydrogen-bond donors (Lipinski definition) is 0. The van der Waals surface area contributed by atoms with Crippen molar-refractivity contribution < 1.29 is 4.79 Å². The van der Waals surface area contributed by atoms with Crippen molar-refractivity contribution in [2.24, 2.45) is 5.92 Å². The molecule has 1 aliphatic heterocycles. The van der Waals surface area contributed by atoms with E-state index in [1.165, 1.54) is 13.0 Å². The molecule has 82 valence electrons. The summed E-state index contributed by atoms with van der Waals surface area (Å²) in [5.41, 5.74) is 0. The van der Waals surface area contributed by atoms with E-state index in [2.05, 4.69) is 11.8 Å². The molecule has 1 rings (SSSR count). The second kappa shape index (κ2) is 5.35. The highest BCUT2D eigenvalue weighted by atomic mass is 16.2. The minimum atomic E-state index is 0.146. The standard InChI is InChI=1S/C11H22N2O/c1-4-5-12-6-8-13(9-7-12)11(14)10(2)3/h10H,4-9H2,1-3H3. The Hall–Kier alpha value is -0.570. The maximum atomic E-state index is 11.7. The van der Waals surface area contributed by atoms with Gasteiger partial charge in [-0.3, -0.25) is 9.69 Å². The first-order chi connectivity index (χ1) is 6.65. The molecule has 14 heavy (non-hydrogen) atoms. The van der Waals surface area contributed by atoms with Gasteiger partial charge in [-0.2, -0.15) is 0 Å². The predicted octanol–water partition coefficient (Wildman–Crippen LogP) is 1.20. The Morgan fingerprint density at radius 1 is 1.21 bits per heavy atom.